The summed E-state index contributed by atoms with van der Waals surface area (Å²) in [6.45, 7) is 16.1. The van der Waals surface area contributed by atoms with Gasteiger partial charge < -0.3 is 20.4 Å². The van der Waals surface area contributed by atoms with E-state index >= 15 is 0 Å². The highest BCUT2D eigenvalue weighted by atomic mass is 16.2. The molecular formula is C24H35N4O+. The predicted molar refractivity (Wildman–Crippen MR) is 122 cm³/mol. The van der Waals surface area contributed by atoms with Gasteiger partial charge in [-0.25, -0.2) is 0 Å². The fraction of sp³-hybridized carbons (Fsp3) is 0.458. The number of anilines is 3. The van der Waals surface area contributed by atoms with Gasteiger partial charge in [-0.05, 0) is 70.0 Å². The Kier molecular flexibility index (Phi) is 6.80. The summed E-state index contributed by atoms with van der Waals surface area (Å²) in [6, 6.07) is 12.3. The topological polar surface area (TPSA) is 48.8 Å². The van der Waals surface area contributed by atoms with Crippen molar-refractivity contribution in [1.29, 1.82) is 0 Å². The van der Waals surface area contributed by atoms with E-state index in [2.05, 4.69) is 65.8 Å². The first-order chi connectivity index (χ1) is 13.9. The van der Waals surface area contributed by atoms with Crippen LogP contribution >= 0.6 is 0 Å². The summed E-state index contributed by atoms with van der Waals surface area (Å²) in [5.41, 5.74) is 6.54. The molecule has 2 aromatic carbocycles. The van der Waals surface area contributed by atoms with Crippen LogP contribution in [0.3, 0.4) is 0 Å². The van der Waals surface area contributed by atoms with Crippen molar-refractivity contribution in [1.82, 2.24) is 0 Å². The molecule has 1 saturated heterocycles. The van der Waals surface area contributed by atoms with Crippen LogP contribution in [0.15, 0.2) is 36.4 Å². The molecule has 0 bridgehead atoms. The zero-order valence-electron chi connectivity index (χ0n) is 18.4. The molecule has 1 heterocycles. The Morgan fingerprint density at radius 3 is 2.21 bits per heavy atom. The van der Waals surface area contributed by atoms with E-state index in [1.165, 1.54) is 30.9 Å². The van der Waals surface area contributed by atoms with Gasteiger partial charge in [-0.1, -0.05) is 17.7 Å². The molecular weight excluding hydrogens is 360 g/mol. The number of benzene rings is 2. The van der Waals surface area contributed by atoms with Crippen LogP contribution in [0.4, 0.5) is 17.1 Å². The number of rotatable bonds is 6. The van der Waals surface area contributed by atoms with Crippen LogP contribution in [0.5, 0.6) is 0 Å². The van der Waals surface area contributed by atoms with Crippen molar-refractivity contribution in [2.24, 2.45) is 0 Å². The lowest BCUT2D eigenvalue weighted by atomic mass is 10.0. The largest absolute Gasteiger partial charge is 0.374 e. The second kappa shape index (κ2) is 9.31. The Balaban J connectivity index is 1.58. The molecule has 0 aliphatic carbocycles. The lowest BCUT2D eigenvalue weighted by Gasteiger charge is -2.33. The molecule has 5 nitrogen and oxygen atoms in total. The number of piperazine rings is 1. The van der Waals surface area contributed by atoms with Crippen molar-refractivity contribution in [2.45, 2.75) is 40.7 Å². The van der Waals surface area contributed by atoms with Gasteiger partial charge in [0.15, 0.2) is 0 Å². The molecule has 0 saturated carbocycles. The van der Waals surface area contributed by atoms with Crippen LogP contribution in [0.1, 0.15) is 30.5 Å². The summed E-state index contributed by atoms with van der Waals surface area (Å²) < 4.78 is 0. The Morgan fingerprint density at radius 2 is 1.66 bits per heavy atom. The number of hydrogen-bond acceptors (Lipinski definition) is 3. The van der Waals surface area contributed by atoms with Gasteiger partial charge in [0, 0.05) is 17.1 Å². The van der Waals surface area contributed by atoms with Crippen LogP contribution < -0.4 is 20.4 Å². The number of carbonyl (C=O) groups is 1. The Hall–Kier alpha value is -2.53. The van der Waals surface area contributed by atoms with Crippen molar-refractivity contribution >= 4 is 23.0 Å². The number of aryl methyl sites for hydroxylation is 3. The maximum Gasteiger partial charge on any atom is 0.246 e. The molecule has 1 aliphatic rings. The molecule has 1 fully saturated rings. The minimum atomic E-state index is -0.322. The molecule has 0 spiro atoms. The van der Waals surface area contributed by atoms with E-state index in [0.29, 0.717) is 0 Å². The number of nitrogens with one attached hydrogen (secondary N) is 3. The first-order valence-corrected chi connectivity index (χ1v) is 10.7. The summed E-state index contributed by atoms with van der Waals surface area (Å²) in [6.07, 6.45) is 0. The number of quaternary nitrogens is 1. The van der Waals surface area contributed by atoms with Gasteiger partial charge >= 0.3 is 0 Å². The molecule has 0 radical (unpaired) electrons. The van der Waals surface area contributed by atoms with Gasteiger partial charge in [0.25, 0.3) is 0 Å². The van der Waals surface area contributed by atoms with Crippen molar-refractivity contribution in [3.63, 3.8) is 0 Å². The predicted octanol–water partition coefficient (Wildman–Crippen LogP) is 2.78. The zero-order chi connectivity index (χ0) is 21.0. The molecule has 1 aliphatic heterocycles. The van der Waals surface area contributed by atoms with Gasteiger partial charge in [-0.15, -0.1) is 0 Å². The van der Waals surface area contributed by atoms with Crippen molar-refractivity contribution in [2.75, 3.05) is 48.3 Å². The molecule has 1 amide bonds. The number of carbonyl (C=O) groups excluding carboxylic acids is 1. The van der Waals surface area contributed by atoms with E-state index in [0.717, 1.165) is 35.6 Å². The Labute approximate surface area is 175 Å². The van der Waals surface area contributed by atoms with Gasteiger partial charge in [0.05, 0.1) is 32.7 Å². The van der Waals surface area contributed by atoms with E-state index < -0.39 is 0 Å². The van der Waals surface area contributed by atoms with Crippen LogP contribution in [0.2, 0.25) is 0 Å². The monoisotopic (exact) mass is 395 g/mol. The zero-order valence-corrected chi connectivity index (χ0v) is 18.4. The lowest BCUT2D eigenvalue weighted by Crippen LogP contribution is -3.14. The molecule has 1 atom stereocenters. The fourth-order valence-electron chi connectivity index (χ4n) is 4.13. The third kappa shape index (κ3) is 5.30. The third-order valence-corrected chi connectivity index (χ3v) is 5.90. The number of amides is 1. The van der Waals surface area contributed by atoms with Crippen molar-refractivity contribution in [3.8, 4) is 0 Å². The molecule has 0 aromatic heterocycles. The second-order valence-electron chi connectivity index (χ2n) is 8.27. The number of hydrogen-bond donors (Lipinski definition) is 3. The molecule has 29 heavy (non-hydrogen) atoms. The summed E-state index contributed by atoms with van der Waals surface area (Å²) in [5.74, 6) is -0.0252. The van der Waals surface area contributed by atoms with Gasteiger partial charge in [0.2, 0.25) is 5.91 Å². The maximum atomic E-state index is 12.7. The van der Waals surface area contributed by atoms with Gasteiger partial charge in [-0.2, -0.15) is 0 Å². The third-order valence-electron chi connectivity index (χ3n) is 5.90. The highest BCUT2D eigenvalue weighted by Crippen LogP contribution is 2.23. The van der Waals surface area contributed by atoms with E-state index in [-0.39, 0.29) is 11.9 Å². The highest BCUT2D eigenvalue weighted by molar-refractivity contribution is 5.97. The fourth-order valence-corrected chi connectivity index (χ4v) is 4.13. The molecule has 2 aromatic rings. The first kappa shape index (κ1) is 21.2. The molecule has 5 heteroatoms. The van der Waals surface area contributed by atoms with E-state index in [1.807, 2.05) is 20.8 Å². The maximum absolute atomic E-state index is 12.7. The summed E-state index contributed by atoms with van der Waals surface area (Å²) >= 11 is 0. The van der Waals surface area contributed by atoms with E-state index in [4.69, 9.17) is 0 Å². The quantitative estimate of drug-likeness (QED) is 0.705. The summed E-state index contributed by atoms with van der Waals surface area (Å²) in [7, 11) is 0. The normalized spacial score (nSPS) is 15.8. The molecule has 3 rings (SSSR count). The lowest BCUT2D eigenvalue weighted by molar-refractivity contribution is -0.898. The van der Waals surface area contributed by atoms with Crippen LogP contribution in [-0.4, -0.2) is 44.7 Å². The Morgan fingerprint density at radius 1 is 1.07 bits per heavy atom. The second-order valence-corrected chi connectivity index (χ2v) is 8.27. The number of nitrogens with zero attached hydrogens (tertiary/aromatic N) is 1. The van der Waals surface area contributed by atoms with Crippen molar-refractivity contribution in [3.05, 3.63) is 53.1 Å². The van der Waals surface area contributed by atoms with Gasteiger partial charge in [-0.3, -0.25) is 4.79 Å². The van der Waals surface area contributed by atoms with E-state index in [9.17, 15) is 4.79 Å². The molecule has 3 N–H and O–H groups in total. The average molecular weight is 396 g/mol. The average Bonchev–Trinajstić information content (AvgIpc) is 2.71. The SMILES string of the molecule is CC[NH+]1CCN(c2ccc(N[C@H](C)C(=O)Nc3c(C)cc(C)cc3C)cc2)CC1. The van der Waals surface area contributed by atoms with Crippen LogP contribution in [0.25, 0.3) is 0 Å². The van der Waals surface area contributed by atoms with Gasteiger partial charge in [0.1, 0.15) is 6.04 Å². The summed E-state index contributed by atoms with van der Waals surface area (Å²) in [4.78, 5) is 16.8. The standard InChI is InChI=1S/C24H34N4O/c1-6-27-11-13-28(14-12-27)22-9-7-21(8-10-22)25-20(5)24(29)26-23-18(3)15-17(2)16-19(23)4/h7-10,15-16,20,25H,6,11-14H2,1-5H3,(H,26,29)/p+1/t20-/m1/s1. The smallest absolute Gasteiger partial charge is 0.246 e. The van der Waals surface area contributed by atoms with Crippen LogP contribution in [-0.2, 0) is 4.79 Å². The molecule has 0 unspecified atom stereocenters. The molecule has 156 valence electrons. The number of likely N-dealkylation sites (N-methyl/N-ethyl adjacent to an activating group) is 1. The highest BCUT2D eigenvalue weighted by Gasteiger charge is 2.19. The van der Waals surface area contributed by atoms with Crippen LogP contribution in [0, 0.1) is 20.8 Å². The van der Waals surface area contributed by atoms with E-state index in [1.54, 1.807) is 4.90 Å². The minimum Gasteiger partial charge on any atom is -0.374 e. The van der Waals surface area contributed by atoms with Crippen molar-refractivity contribution < 1.29 is 9.69 Å². The first-order valence-electron chi connectivity index (χ1n) is 10.7. The Bertz CT molecular complexity index is 815. The minimum absolute atomic E-state index is 0.0252. The summed E-state index contributed by atoms with van der Waals surface area (Å²) in [5, 5.41) is 6.41.